The lowest BCUT2D eigenvalue weighted by molar-refractivity contribution is 0.0697. The Kier molecular flexibility index (Phi) is 4.77. The number of carboxylic acid groups (broad SMARTS) is 1. The first-order valence-corrected chi connectivity index (χ1v) is 10.2. The number of hydrogen-bond acceptors (Lipinski definition) is 3. The molecular weight excluding hydrogens is 372 g/mol. The van der Waals surface area contributed by atoms with Crippen LogP contribution in [0.25, 0.3) is 22.2 Å². The number of para-hydroxylation sites is 1. The van der Waals surface area contributed by atoms with Crippen LogP contribution in [-0.2, 0) is 19.4 Å². The number of benzene rings is 3. The van der Waals surface area contributed by atoms with Crippen molar-refractivity contribution in [1.82, 2.24) is 10.3 Å². The molecule has 0 bridgehead atoms. The van der Waals surface area contributed by atoms with Crippen molar-refractivity contribution in [1.29, 1.82) is 0 Å². The number of aromatic nitrogens is 1. The van der Waals surface area contributed by atoms with Crippen molar-refractivity contribution in [3.05, 3.63) is 101 Å². The second-order valence-corrected chi connectivity index (χ2v) is 7.76. The van der Waals surface area contributed by atoms with Crippen LogP contribution in [-0.4, -0.2) is 22.1 Å². The lowest BCUT2D eigenvalue weighted by atomic mass is 9.96. The van der Waals surface area contributed by atoms with Gasteiger partial charge in [-0.15, -0.1) is 0 Å². The van der Waals surface area contributed by atoms with E-state index in [1.54, 1.807) is 0 Å². The van der Waals surface area contributed by atoms with Gasteiger partial charge in [0.1, 0.15) is 0 Å². The molecule has 0 aliphatic heterocycles. The topological polar surface area (TPSA) is 62.2 Å². The summed E-state index contributed by atoms with van der Waals surface area (Å²) < 4.78 is 0. The van der Waals surface area contributed by atoms with Gasteiger partial charge in [0.05, 0.1) is 16.8 Å². The minimum atomic E-state index is -0.919. The number of carboxylic acids is 1. The smallest absolute Gasteiger partial charge is 0.336 e. The van der Waals surface area contributed by atoms with Crippen molar-refractivity contribution < 1.29 is 9.90 Å². The van der Waals surface area contributed by atoms with E-state index in [0.29, 0.717) is 29.1 Å². The maximum absolute atomic E-state index is 12.3. The third kappa shape index (κ3) is 3.36. The van der Waals surface area contributed by atoms with Gasteiger partial charge in [-0.3, -0.25) is 0 Å². The summed E-state index contributed by atoms with van der Waals surface area (Å²) in [5.41, 5.74) is 6.17. The minimum absolute atomic E-state index is 0.291. The van der Waals surface area contributed by atoms with E-state index in [1.165, 1.54) is 11.1 Å². The molecule has 0 radical (unpaired) electrons. The monoisotopic (exact) mass is 394 g/mol. The number of nitrogens with one attached hydrogen (secondary N) is 1. The zero-order valence-electron chi connectivity index (χ0n) is 16.5. The van der Waals surface area contributed by atoms with Crippen molar-refractivity contribution in [3.63, 3.8) is 0 Å². The van der Waals surface area contributed by atoms with Crippen molar-refractivity contribution >= 4 is 16.9 Å². The van der Waals surface area contributed by atoms with Crippen LogP contribution >= 0.6 is 0 Å². The summed E-state index contributed by atoms with van der Waals surface area (Å²) in [4.78, 5) is 17.2. The molecule has 4 aromatic rings. The second kappa shape index (κ2) is 7.73. The highest BCUT2D eigenvalue weighted by Crippen LogP contribution is 2.31. The Morgan fingerprint density at radius 1 is 0.900 bits per heavy atom. The SMILES string of the molecule is O=C(O)c1c(CNC2Cc3ccccc3C2)c(-c2ccccc2)nc2ccccc12. The number of hydrogen-bond donors (Lipinski definition) is 2. The molecule has 1 aliphatic carbocycles. The van der Waals surface area contributed by atoms with Crippen LogP contribution in [0.5, 0.6) is 0 Å². The Hall–Kier alpha value is -3.50. The van der Waals surface area contributed by atoms with E-state index >= 15 is 0 Å². The summed E-state index contributed by atoms with van der Waals surface area (Å²) >= 11 is 0. The summed E-state index contributed by atoms with van der Waals surface area (Å²) in [6.45, 7) is 0.461. The van der Waals surface area contributed by atoms with Crippen LogP contribution in [0.15, 0.2) is 78.9 Å². The number of carbonyl (C=O) groups is 1. The normalized spacial score (nSPS) is 13.5. The summed E-state index contributed by atoms with van der Waals surface area (Å²) in [6, 6.07) is 26.1. The van der Waals surface area contributed by atoms with Crippen molar-refractivity contribution in [2.45, 2.75) is 25.4 Å². The predicted octanol–water partition coefficient (Wildman–Crippen LogP) is 4.86. The molecular formula is C26H22N2O2. The van der Waals surface area contributed by atoms with Crippen molar-refractivity contribution in [2.24, 2.45) is 0 Å². The first-order valence-electron chi connectivity index (χ1n) is 10.2. The highest BCUT2D eigenvalue weighted by molar-refractivity contribution is 6.05. The summed E-state index contributed by atoms with van der Waals surface area (Å²) in [7, 11) is 0. The average Bonchev–Trinajstić information content (AvgIpc) is 3.20. The quantitative estimate of drug-likeness (QED) is 0.508. The lowest BCUT2D eigenvalue weighted by Gasteiger charge is -2.18. The Morgan fingerprint density at radius 2 is 1.53 bits per heavy atom. The van der Waals surface area contributed by atoms with Crippen LogP contribution < -0.4 is 5.32 Å². The molecule has 0 spiro atoms. The van der Waals surface area contributed by atoms with Crippen LogP contribution in [0, 0.1) is 0 Å². The first kappa shape index (κ1) is 18.5. The predicted molar refractivity (Wildman–Crippen MR) is 119 cm³/mol. The van der Waals surface area contributed by atoms with Crippen LogP contribution in [0.4, 0.5) is 0 Å². The van der Waals surface area contributed by atoms with E-state index in [2.05, 4.69) is 29.6 Å². The van der Waals surface area contributed by atoms with Gasteiger partial charge in [-0.2, -0.15) is 0 Å². The van der Waals surface area contributed by atoms with Crippen LogP contribution in [0.2, 0.25) is 0 Å². The molecule has 1 aliphatic rings. The molecule has 0 amide bonds. The molecule has 30 heavy (non-hydrogen) atoms. The Bertz CT molecular complexity index is 1210. The number of pyridine rings is 1. The zero-order chi connectivity index (χ0) is 20.5. The first-order chi connectivity index (χ1) is 14.7. The number of rotatable bonds is 5. The van der Waals surface area contributed by atoms with E-state index < -0.39 is 5.97 Å². The Balaban J connectivity index is 1.57. The molecule has 0 unspecified atom stereocenters. The molecule has 0 fully saturated rings. The fraction of sp³-hybridized carbons (Fsp3) is 0.154. The molecule has 148 valence electrons. The molecule has 4 heteroatoms. The molecule has 0 saturated carbocycles. The molecule has 5 rings (SSSR count). The maximum atomic E-state index is 12.3. The van der Waals surface area contributed by atoms with E-state index in [1.807, 2.05) is 54.6 Å². The standard InChI is InChI=1S/C26H22N2O2/c29-26(30)24-21-12-6-7-13-23(21)28-25(17-8-2-1-3-9-17)22(24)16-27-20-14-18-10-4-5-11-19(18)15-20/h1-13,20,27H,14-16H2,(H,29,30). The van der Waals surface area contributed by atoms with Crippen molar-refractivity contribution in [3.8, 4) is 11.3 Å². The second-order valence-electron chi connectivity index (χ2n) is 7.76. The number of nitrogens with zero attached hydrogens (tertiary/aromatic N) is 1. The van der Waals surface area contributed by atoms with E-state index in [4.69, 9.17) is 4.98 Å². The van der Waals surface area contributed by atoms with E-state index in [0.717, 1.165) is 29.7 Å². The zero-order valence-corrected chi connectivity index (χ0v) is 16.5. The van der Waals surface area contributed by atoms with Gasteiger partial charge in [0, 0.05) is 29.1 Å². The third-order valence-corrected chi connectivity index (χ3v) is 5.87. The molecule has 1 heterocycles. The van der Waals surface area contributed by atoms with Crippen LogP contribution in [0.3, 0.4) is 0 Å². The van der Waals surface area contributed by atoms with Gasteiger partial charge >= 0.3 is 5.97 Å². The molecule has 0 saturated heterocycles. The van der Waals surface area contributed by atoms with Gasteiger partial charge < -0.3 is 10.4 Å². The number of fused-ring (bicyclic) bond motifs is 2. The minimum Gasteiger partial charge on any atom is -0.478 e. The molecule has 3 aromatic carbocycles. The fourth-order valence-electron chi connectivity index (χ4n) is 4.45. The maximum Gasteiger partial charge on any atom is 0.336 e. The van der Waals surface area contributed by atoms with Crippen molar-refractivity contribution in [2.75, 3.05) is 0 Å². The Labute approximate surface area is 175 Å². The highest BCUT2D eigenvalue weighted by Gasteiger charge is 2.24. The van der Waals surface area contributed by atoms with Gasteiger partial charge in [-0.1, -0.05) is 72.8 Å². The summed E-state index contributed by atoms with van der Waals surface area (Å²) in [6.07, 6.45) is 1.92. The van der Waals surface area contributed by atoms with Gasteiger partial charge in [0.25, 0.3) is 0 Å². The lowest BCUT2D eigenvalue weighted by Crippen LogP contribution is -2.30. The molecule has 2 N–H and O–H groups in total. The fourth-order valence-corrected chi connectivity index (χ4v) is 4.45. The average molecular weight is 394 g/mol. The van der Waals surface area contributed by atoms with E-state index in [9.17, 15) is 9.90 Å². The molecule has 0 atom stereocenters. The van der Waals surface area contributed by atoms with Gasteiger partial charge in [-0.25, -0.2) is 9.78 Å². The molecule has 1 aromatic heterocycles. The third-order valence-electron chi connectivity index (χ3n) is 5.87. The number of aromatic carboxylic acids is 1. The summed E-state index contributed by atoms with van der Waals surface area (Å²) in [5.74, 6) is -0.919. The largest absolute Gasteiger partial charge is 0.478 e. The molecule has 4 nitrogen and oxygen atoms in total. The van der Waals surface area contributed by atoms with E-state index in [-0.39, 0.29) is 0 Å². The van der Waals surface area contributed by atoms with Gasteiger partial charge in [-0.05, 0) is 30.0 Å². The van der Waals surface area contributed by atoms with Gasteiger partial charge in [0.15, 0.2) is 0 Å². The highest BCUT2D eigenvalue weighted by atomic mass is 16.4. The Morgan fingerprint density at radius 3 is 2.23 bits per heavy atom. The summed E-state index contributed by atoms with van der Waals surface area (Å²) in [5, 5.41) is 14.4. The van der Waals surface area contributed by atoms with Crippen LogP contribution in [0.1, 0.15) is 27.0 Å². The van der Waals surface area contributed by atoms with Gasteiger partial charge in [0.2, 0.25) is 0 Å².